The maximum absolute atomic E-state index is 13.1. The highest BCUT2D eigenvalue weighted by Crippen LogP contribution is 2.45. The van der Waals surface area contributed by atoms with Gasteiger partial charge in [-0.25, -0.2) is 9.13 Å². The van der Waals surface area contributed by atoms with Crippen molar-refractivity contribution in [1.29, 1.82) is 0 Å². The van der Waals surface area contributed by atoms with Crippen molar-refractivity contribution in [3.05, 3.63) is 0 Å². The highest BCUT2D eigenvalue weighted by Gasteiger charge is 2.30. The van der Waals surface area contributed by atoms with Crippen molar-refractivity contribution in [2.24, 2.45) is 23.7 Å². The van der Waals surface area contributed by atoms with Gasteiger partial charge in [-0.1, -0.05) is 351 Å². The third-order valence-corrected chi connectivity index (χ3v) is 20.6. The Labute approximate surface area is 600 Å². The van der Waals surface area contributed by atoms with Crippen LogP contribution in [-0.2, 0) is 65.4 Å². The van der Waals surface area contributed by atoms with Crippen LogP contribution < -0.4 is 0 Å². The van der Waals surface area contributed by atoms with Gasteiger partial charge in [0.05, 0.1) is 26.4 Å². The summed E-state index contributed by atoms with van der Waals surface area (Å²) in [6.07, 6.45) is 54.1. The average molecular weight is 1440 g/mol. The molecule has 0 heterocycles. The summed E-state index contributed by atoms with van der Waals surface area (Å²) in [5.74, 6) is 0.992. The van der Waals surface area contributed by atoms with Crippen molar-refractivity contribution in [1.82, 2.24) is 0 Å². The summed E-state index contributed by atoms with van der Waals surface area (Å²) in [6.45, 7) is 14.2. The van der Waals surface area contributed by atoms with Crippen molar-refractivity contribution in [2.45, 2.75) is 420 Å². The number of aliphatic hydroxyl groups excluding tert-OH is 1. The van der Waals surface area contributed by atoms with E-state index in [-0.39, 0.29) is 25.7 Å². The van der Waals surface area contributed by atoms with E-state index in [1.165, 1.54) is 199 Å². The predicted octanol–water partition coefficient (Wildman–Crippen LogP) is 23.2. The Morgan fingerprint density at radius 3 is 0.724 bits per heavy atom. The maximum atomic E-state index is 13.1. The Morgan fingerprint density at radius 2 is 0.490 bits per heavy atom. The van der Waals surface area contributed by atoms with Crippen molar-refractivity contribution in [3.63, 3.8) is 0 Å². The summed E-state index contributed by atoms with van der Waals surface area (Å²) < 4.78 is 68.6. The molecule has 6 atom stereocenters. The van der Waals surface area contributed by atoms with E-state index >= 15 is 0 Å². The zero-order valence-electron chi connectivity index (χ0n) is 64.4. The number of aliphatic hydroxyl groups is 1. The molecule has 0 amide bonds. The Hall–Kier alpha value is -1.94. The fraction of sp³-hybridized carbons (Fsp3) is 0.949. The van der Waals surface area contributed by atoms with Crippen LogP contribution in [0.25, 0.3) is 0 Å². The second kappa shape index (κ2) is 68.2. The zero-order chi connectivity index (χ0) is 72.4. The molecule has 4 unspecified atom stereocenters. The van der Waals surface area contributed by atoms with Crippen LogP contribution in [-0.4, -0.2) is 96.7 Å². The van der Waals surface area contributed by atoms with Gasteiger partial charge in [0, 0.05) is 25.7 Å². The van der Waals surface area contributed by atoms with E-state index in [2.05, 4.69) is 55.4 Å². The van der Waals surface area contributed by atoms with Crippen LogP contribution in [0.15, 0.2) is 0 Å². The highest BCUT2D eigenvalue weighted by atomic mass is 31.2. The number of hydrogen-bond donors (Lipinski definition) is 3. The zero-order valence-corrected chi connectivity index (χ0v) is 66.2. The number of carbonyl (C=O) groups is 4. The van der Waals surface area contributed by atoms with Crippen LogP contribution >= 0.6 is 15.6 Å². The summed E-state index contributed by atoms with van der Waals surface area (Å²) in [7, 11) is -9.92. The van der Waals surface area contributed by atoms with Crippen LogP contribution in [0.1, 0.15) is 402 Å². The van der Waals surface area contributed by atoms with Crippen molar-refractivity contribution in [3.8, 4) is 0 Å². The van der Waals surface area contributed by atoms with E-state index in [1.807, 2.05) is 0 Å². The molecule has 0 aromatic heterocycles. The summed E-state index contributed by atoms with van der Waals surface area (Å²) in [5, 5.41) is 10.6. The van der Waals surface area contributed by atoms with Gasteiger partial charge in [-0.2, -0.15) is 0 Å². The largest absolute Gasteiger partial charge is 0.472 e. The van der Waals surface area contributed by atoms with Crippen LogP contribution in [0, 0.1) is 23.7 Å². The second-order valence-corrected chi connectivity index (χ2v) is 33.0. The number of phosphoric ester groups is 2. The molecule has 0 aliphatic carbocycles. The van der Waals surface area contributed by atoms with Gasteiger partial charge in [-0.3, -0.25) is 37.3 Å². The fourth-order valence-electron chi connectivity index (χ4n) is 12.0. The number of phosphoric acid groups is 2. The molecular weight excluding hydrogens is 1280 g/mol. The van der Waals surface area contributed by atoms with Gasteiger partial charge in [-0.05, 0) is 49.4 Å². The molecule has 0 aliphatic rings. The first kappa shape index (κ1) is 96.1. The first-order valence-corrected chi connectivity index (χ1v) is 43.7. The molecule has 0 aliphatic heterocycles. The third kappa shape index (κ3) is 71.1. The number of unbranched alkanes of at least 4 members (excludes halogenated alkanes) is 41. The molecule has 0 fully saturated rings. The molecule has 0 radical (unpaired) electrons. The van der Waals surface area contributed by atoms with Gasteiger partial charge in [0.15, 0.2) is 12.2 Å². The summed E-state index contributed by atoms with van der Waals surface area (Å²) in [5.41, 5.74) is 0. The molecule has 17 nitrogen and oxygen atoms in total. The van der Waals surface area contributed by atoms with Crippen LogP contribution in [0.3, 0.4) is 0 Å². The highest BCUT2D eigenvalue weighted by molar-refractivity contribution is 7.47. The summed E-state index contributed by atoms with van der Waals surface area (Å²) >= 11 is 0. The topological polar surface area (TPSA) is 237 Å². The van der Waals surface area contributed by atoms with Gasteiger partial charge in [0.1, 0.15) is 19.3 Å². The lowest BCUT2D eigenvalue weighted by atomic mass is 9.99. The smallest absolute Gasteiger partial charge is 0.462 e. The van der Waals surface area contributed by atoms with E-state index in [1.54, 1.807) is 0 Å². The second-order valence-electron chi connectivity index (χ2n) is 30.1. The Balaban J connectivity index is 5.25. The summed E-state index contributed by atoms with van der Waals surface area (Å²) in [6, 6.07) is 0. The van der Waals surface area contributed by atoms with Crippen molar-refractivity contribution >= 4 is 39.5 Å². The minimum atomic E-state index is -4.96. The number of rotatable bonds is 76. The molecule has 0 saturated heterocycles. The Kier molecular flexibility index (Phi) is 66.8. The van der Waals surface area contributed by atoms with E-state index in [0.29, 0.717) is 31.6 Å². The molecule has 0 aromatic rings. The van der Waals surface area contributed by atoms with Crippen LogP contribution in [0.4, 0.5) is 0 Å². The standard InChI is InChI=1S/C79H154O17P2/c1-9-72(8)58-50-42-34-26-20-14-10-11-15-21-28-36-45-53-61-79(84)96-75(66-90-77(82)60-52-44-38-30-33-41-49-57-71(6)7)68-94-98(87,88)92-64-73(80)63-91-97(85,86)93-67-74(65-89-76(81)59-51-43-35-27-23-17-19-25-32-40-48-56-70(4)5)95-78(83)62-54-46-37-29-22-16-12-13-18-24-31-39-47-55-69(2)3/h69-75,80H,9-68H2,1-8H3,(H,85,86)(H,87,88)/t72?,73?,74-,75-/m1/s1. The monoisotopic (exact) mass is 1440 g/mol. The van der Waals surface area contributed by atoms with E-state index < -0.39 is 97.5 Å². The predicted molar refractivity (Wildman–Crippen MR) is 400 cm³/mol. The lowest BCUT2D eigenvalue weighted by Crippen LogP contribution is -2.30. The molecular formula is C79H154O17P2. The molecule has 19 heteroatoms. The first-order chi connectivity index (χ1) is 47.1. The lowest BCUT2D eigenvalue weighted by Gasteiger charge is -2.21. The van der Waals surface area contributed by atoms with Crippen LogP contribution in [0.5, 0.6) is 0 Å². The maximum Gasteiger partial charge on any atom is 0.472 e. The normalized spacial score (nSPS) is 14.3. The molecule has 582 valence electrons. The first-order valence-electron chi connectivity index (χ1n) is 40.7. The van der Waals surface area contributed by atoms with Gasteiger partial charge in [0.25, 0.3) is 0 Å². The SMILES string of the molecule is CCC(C)CCCCCCCCCCCCCCCCC(=O)O[C@H](COC(=O)CCCCCCCCCC(C)C)COP(=O)(O)OCC(O)COP(=O)(O)OC[C@@H](COC(=O)CCCCCCCCCCCCCC(C)C)OC(=O)CCCCCCCCCCCCCCCC(C)C. The number of ether oxygens (including phenoxy) is 4. The Bertz CT molecular complexity index is 1920. The van der Waals surface area contributed by atoms with Gasteiger partial charge < -0.3 is 33.8 Å². The minimum Gasteiger partial charge on any atom is -0.462 e. The van der Waals surface area contributed by atoms with Gasteiger partial charge >= 0.3 is 39.5 Å². The molecule has 0 saturated carbocycles. The molecule has 0 rings (SSSR count). The van der Waals surface area contributed by atoms with Crippen molar-refractivity contribution in [2.75, 3.05) is 39.6 Å². The van der Waals surface area contributed by atoms with E-state index in [4.69, 9.17) is 37.0 Å². The van der Waals surface area contributed by atoms with Crippen LogP contribution in [0.2, 0.25) is 0 Å². The Morgan fingerprint density at radius 1 is 0.286 bits per heavy atom. The van der Waals surface area contributed by atoms with Crippen molar-refractivity contribution < 1.29 is 80.2 Å². The van der Waals surface area contributed by atoms with Gasteiger partial charge in [-0.15, -0.1) is 0 Å². The van der Waals surface area contributed by atoms with E-state index in [9.17, 15) is 43.2 Å². The molecule has 0 spiro atoms. The quantitative estimate of drug-likeness (QED) is 0.0222. The lowest BCUT2D eigenvalue weighted by molar-refractivity contribution is -0.161. The number of carbonyl (C=O) groups excluding carboxylic acids is 4. The molecule has 98 heavy (non-hydrogen) atoms. The average Bonchev–Trinajstić information content (AvgIpc) is 1.03. The minimum absolute atomic E-state index is 0.106. The number of hydrogen-bond acceptors (Lipinski definition) is 15. The van der Waals surface area contributed by atoms with E-state index in [0.717, 1.165) is 114 Å². The van der Waals surface area contributed by atoms with Gasteiger partial charge in [0.2, 0.25) is 0 Å². The molecule has 0 bridgehead atoms. The number of esters is 4. The summed E-state index contributed by atoms with van der Waals surface area (Å²) in [4.78, 5) is 72.9. The fourth-order valence-corrected chi connectivity index (χ4v) is 13.6. The molecule has 0 aromatic carbocycles. The molecule has 3 N–H and O–H groups in total. The third-order valence-electron chi connectivity index (χ3n) is 18.7.